The maximum absolute atomic E-state index is 5.65. The van der Waals surface area contributed by atoms with Gasteiger partial charge in [-0.2, -0.15) is 0 Å². The standard InChI is InChI=1S/C7H15ClN2/c1-3-4-5-10-7(9)6(2)8/h6H,3-5H2,1-2H3,(H2,9,10)/t6-/m1/s1. The first-order valence-corrected chi connectivity index (χ1v) is 4.06. The summed E-state index contributed by atoms with van der Waals surface area (Å²) in [6.45, 7) is 4.75. The van der Waals surface area contributed by atoms with Crippen molar-refractivity contribution in [1.29, 1.82) is 0 Å². The van der Waals surface area contributed by atoms with Crippen molar-refractivity contribution in [2.24, 2.45) is 10.7 Å². The molecule has 0 unspecified atom stereocenters. The van der Waals surface area contributed by atoms with E-state index >= 15 is 0 Å². The average Bonchev–Trinajstić information content (AvgIpc) is 1.88. The van der Waals surface area contributed by atoms with Gasteiger partial charge in [-0.1, -0.05) is 13.3 Å². The van der Waals surface area contributed by atoms with Crippen molar-refractivity contribution < 1.29 is 0 Å². The largest absolute Gasteiger partial charge is 0.386 e. The van der Waals surface area contributed by atoms with E-state index in [0.717, 1.165) is 19.4 Å². The smallest absolute Gasteiger partial charge is 0.112 e. The number of nitrogens with two attached hydrogens (primary N) is 1. The van der Waals surface area contributed by atoms with Crippen LogP contribution in [0.4, 0.5) is 0 Å². The summed E-state index contributed by atoms with van der Waals surface area (Å²) in [6, 6.07) is 0. The molecule has 0 aliphatic carbocycles. The van der Waals surface area contributed by atoms with Crippen LogP contribution in [-0.2, 0) is 0 Å². The van der Waals surface area contributed by atoms with Gasteiger partial charge >= 0.3 is 0 Å². The predicted molar refractivity (Wildman–Crippen MR) is 46.7 cm³/mol. The summed E-state index contributed by atoms with van der Waals surface area (Å²) in [5, 5.41) is -0.128. The van der Waals surface area contributed by atoms with Gasteiger partial charge in [0, 0.05) is 6.54 Å². The van der Waals surface area contributed by atoms with Gasteiger partial charge in [0.05, 0.1) is 5.38 Å². The molecule has 60 valence electrons. The summed E-state index contributed by atoms with van der Waals surface area (Å²) in [5.74, 6) is 0.551. The highest BCUT2D eigenvalue weighted by molar-refractivity contribution is 6.31. The van der Waals surface area contributed by atoms with Crippen molar-refractivity contribution in [1.82, 2.24) is 0 Å². The average molecular weight is 163 g/mol. The van der Waals surface area contributed by atoms with E-state index in [-0.39, 0.29) is 5.38 Å². The summed E-state index contributed by atoms with van der Waals surface area (Å²) in [6.07, 6.45) is 2.23. The van der Waals surface area contributed by atoms with Crippen molar-refractivity contribution in [3.63, 3.8) is 0 Å². The van der Waals surface area contributed by atoms with Gasteiger partial charge in [0.1, 0.15) is 5.84 Å². The van der Waals surface area contributed by atoms with Crippen molar-refractivity contribution >= 4 is 17.4 Å². The zero-order valence-corrected chi connectivity index (χ0v) is 7.36. The zero-order valence-electron chi connectivity index (χ0n) is 6.60. The molecule has 0 aromatic carbocycles. The normalized spacial score (nSPS) is 15.3. The molecule has 0 aliphatic rings. The molecule has 0 bridgehead atoms. The Bertz CT molecular complexity index is 110. The van der Waals surface area contributed by atoms with Gasteiger partial charge in [0.15, 0.2) is 0 Å². The SMILES string of the molecule is CCCCN=C(N)[C@@H](C)Cl. The van der Waals surface area contributed by atoms with Crippen LogP contribution in [0.25, 0.3) is 0 Å². The Morgan fingerprint density at radius 3 is 2.70 bits per heavy atom. The lowest BCUT2D eigenvalue weighted by Crippen LogP contribution is -2.21. The minimum atomic E-state index is -0.128. The highest BCUT2D eigenvalue weighted by Gasteiger charge is 1.98. The molecular weight excluding hydrogens is 148 g/mol. The molecular formula is C7H15ClN2. The molecule has 2 N–H and O–H groups in total. The zero-order chi connectivity index (χ0) is 7.98. The van der Waals surface area contributed by atoms with E-state index in [4.69, 9.17) is 17.3 Å². The van der Waals surface area contributed by atoms with Crippen molar-refractivity contribution in [3.05, 3.63) is 0 Å². The summed E-state index contributed by atoms with van der Waals surface area (Å²) < 4.78 is 0. The monoisotopic (exact) mass is 162 g/mol. The predicted octanol–water partition coefficient (Wildman–Crippen LogP) is 1.77. The van der Waals surface area contributed by atoms with Gasteiger partial charge in [-0.25, -0.2) is 0 Å². The third-order valence-corrected chi connectivity index (χ3v) is 1.44. The minimum Gasteiger partial charge on any atom is -0.386 e. The third-order valence-electron chi connectivity index (χ3n) is 1.21. The maximum Gasteiger partial charge on any atom is 0.112 e. The van der Waals surface area contributed by atoms with E-state index in [2.05, 4.69) is 11.9 Å². The molecule has 0 aromatic heterocycles. The summed E-state index contributed by atoms with van der Waals surface area (Å²) in [7, 11) is 0. The second kappa shape index (κ2) is 5.54. The van der Waals surface area contributed by atoms with Crippen LogP contribution in [0.2, 0.25) is 0 Å². The van der Waals surface area contributed by atoms with E-state index in [0.29, 0.717) is 5.84 Å². The van der Waals surface area contributed by atoms with E-state index in [9.17, 15) is 0 Å². The quantitative estimate of drug-likeness (QED) is 0.291. The Kier molecular flexibility index (Phi) is 5.40. The molecule has 0 amide bonds. The Labute approximate surface area is 67.5 Å². The second-order valence-corrected chi connectivity index (χ2v) is 2.93. The number of hydrogen-bond donors (Lipinski definition) is 1. The number of halogens is 1. The van der Waals surface area contributed by atoms with Gasteiger partial charge in [0.25, 0.3) is 0 Å². The van der Waals surface area contributed by atoms with Crippen LogP contribution < -0.4 is 5.73 Å². The molecule has 10 heavy (non-hydrogen) atoms. The number of aliphatic imine (C=N–C) groups is 1. The second-order valence-electron chi connectivity index (χ2n) is 2.28. The summed E-state index contributed by atoms with van der Waals surface area (Å²) in [4.78, 5) is 4.08. The topological polar surface area (TPSA) is 38.4 Å². The first-order chi connectivity index (χ1) is 4.68. The first-order valence-electron chi connectivity index (χ1n) is 3.62. The molecule has 0 radical (unpaired) electrons. The van der Waals surface area contributed by atoms with Gasteiger partial charge in [0.2, 0.25) is 0 Å². The molecule has 0 saturated heterocycles. The Balaban J connectivity index is 3.48. The Morgan fingerprint density at radius 2 is 2.30 bits per heavy atom. The number of nitrogens with zero attached hydrogens (tertiary/aromatic N) is 1. The first kappa shape index (κ1) is 9.76. The van der Waals surface area contributed by atoms with Crippen LogP contribution in [0.15, 0.2) is 4.99 Å². The highest BCUT2D eigenvalue weighted by atomic mass is 35.5. The van der Waals surface area contributed by atoms with Crippen LogP contribution in [0.3, 0.4) is 0 Å². The Hall–Kier alpha value is -0.240. The third kappa shape index (κ3) is 4.62. The lowest BCUT2D eigenvalue weighted by atomic mass is 10.3. The molecule has 0 heterocycles. The van der Waals surface area contributed by atoms with Gasteiger partial charge < -0.3 is 5.73 Å². The summed E-state index contributed by atoms with van der Waals surface area (Å²) in [5.41, 5.74) is 5.48. The number of alkyl halides is 1. The number of amidine groups is 1. The molecule has 0 saturated carbocycles. The van der Waals surface area contributed by atoms with Crippen molar-refractivity contribution in [2.75, 3.05) is 6.54 Å². The van der Waals surface area contributed by atoms with Gasteiger partial charge in [-0.05, 0) is 13.3 Å². The highest BCUT2D eigenvalue weighted by Crippen LogP contribution is 1.94. The van der Waals surface area contributed by atoms with Gasteiger partial charge in [-0.3, -0.25) is 4.99 Å². The van der Waals surface area contributed by atoms with E-state index in [1.165, 1.54) is 0 Å². The fraction of sp³-hybridized carbons (Fsp3) is 0.857. The molecule has 0 aromatic rings. The lowest BCUT2D eigenvalue weighted by molar-refractivity contribution is 0.805. The van der Waals surface area contributed by atoms with Crippen molar-refractivity contribution in [2.45, 2.75) is 32.1 Å². The molecule has 3 heteroatoms. The maximum atomic E-state index is 5.65. The molecule has 0 spiro atoms. The van der Waals surface area contributed by atoms with Crippen LogP contribution in [-0.4, -0.2) is 17.8 Å². The summed E-state index contributed by atoms with van der Waals surface area (Å²) >= 11 is 5.65. The van der Waals surface area contributed by atoms with E-state index < -0.39 is 0 Å². The lowest BCUT2D eigenvalue weighted by Gasteiger charge is -2.00. The number of hydrogen-bond acceptors (Lipinski definition) is 1. The fourth-order valence-corrected chi connectivity index (χ4v) is 0.561. The number of rotatable bonds is 4. The van der Waals surface area contributed by atoms with Crippen LogP contribution in [0.1, 0.15) is 26.7 Å². The van der Waals surface area contributed by atoms with E-state index in [1.807, 2.05) is 6.92 Å². The van der Waals surface area contributed by atoms with Crippen LogP contribution >= 0.6 is 11.6 Å². The molecule has 1 atom stereocenters. The van der Waals surface area contributed by atoms with Crippen LogP contribution in [0.5, 0.6) is 0 Å². The van der Waals surface area contributed by atoms with Gasteiger partial charge in [-0.15, -0.1) is 11.6 Å². The van der Waals surface area contributed by atoms with Crippen molar-refractivity contribution in [3.8, 4) is 0 Å². The molecule has 0 rings (SSSR count). The Morgan fingerprint density at radius 1 is 1.70 bits per heavy atom. The minimum absolute atomic E-state index is 0.128. The molecule has 2 nitrogen and oxygen atoms in total. The van der Waals surface area contributed by atoms with E-state index in [1.54, 1.807) is 0 Å². The molecule has 0 aliphatic heterocycles. The molecule has 0 fully saturated rings. The number of unbranched alkanes of at least 4 members (excludes halogenated alkanes) is 1. The van der Waals surface area contributed by atoms with Crippen LogP contribution in [0, 0.1) is 0 Å². The fourth-order valence-electron chi connectivity index (χ4n) is 0.492.